The van der Waals surface area contributed by atoms with Gasteiger partial charge >= 0.3 is 0 Å². The number of nitrogens with two attached hydrogens (primary N) is 1. The smallest absolute Gasteiger partial charge is 0.124 e. The molecule has 2 N–H and O–H groups in total. The predicted molar refractivity (Wildman–Crippen MR) is 52.7 cm³/mol. The Labute approximate surface area is 82.2 Å². The summed E-state index contributed by atoms with van der Waals surface area (Å²) in [5.74, 6) is 4.88. The minimum Gasteiger partial charge on any atom is -0.397 e. The topological polar surface area (TPSA) is 49.8 Å². The summed E-state index contributed by atoms with van der Waals surface area (Å²) in [6, 6.07) is 4.50. The molecule has 0 unspecified atom stereocenters. The van der Waals surface area contributed by atoms with E-state index in [0.717, 1.165) is 0 Å². The van der Waals surface area contributed by atoms with E-state index in [1.165, 1.54) is 12.1 Å². The van der Waals surface area contributed by atoms with Crippen LogP contribution in [0.5, 0.6) is 0 Å². The van der Waals surface area contributed by atoms with Gasteiger partial charge < -0.3 is 5.73 Å². The van der Waals surface area contributed by atoms with Gasteiger partial charge in [-0.25, -0.2) is 4.39 Å². The lowest BCUT2D eigenvalue weighted by atomic mass is 10.1. The van der Waals surface area contributed by atoms with Crippen molar-refractivity contribution in [2.24, 2.45) is 0 Å². The Balaban J connectivity index is 3.11. The Morgan fingerprint density at radius 2 is 2.21 bits per heavy atom. The number of nitriles is 1. The molecule has 0 aliphatic carbocycles. The van der Waals surface area contributed by atoms with Gasteiger partial charge in [-0.2, -0.15) is 5.26 Å². The van der Waals surface area contributed by atoms with Crippen LogP contribution in [0.4, 0.5) is 10.1 Å². The minimum absolute atomic E-state index is 0.120. The van der Waals surface area contributed by atoms with Crippen molar-refractivity contribution in [2.45, 2.75) is 13.3 Å². The zero-order chi connectivity index (χ0) is 10.6. The fourth-order valence-electron chi connectivity index (χ4n) is 1.04. The average Bonchev–Trinajstić information content (AvgIpc) is 2.13. The molecule has 1 aromatic carbocycles. The first-order chi connectivity index (χ1) is 6.65. The maximum absolute atomic E-state index is 12.9. The second kappa shape index (κ2) is 4.30. The van der Waals surface area contributed by atoms with Crippen LogP contribution in [0.15, 0.2) is 12.1 Å². The normalized spacial score (nSPS) is 8.64. The molecule has 0 amide bonds. The molecule has 3 heteroatoms. The first-order valence-corrected chi connectivity index (χ1v) is 4.06. The van der Waals surface area contributed by atoms with Gasteiger partial charge in [0.25, 0.3) is 0 Å². The van der Waals surface area contributed by atoms with E-state index in [0.29, 0.717) is 16.8 Å². The summed E-state index contributed by atoms with van der Waals surface area (Å²) >= 11 is 0. The van der Waals surface area contributed by atoms with Gasteiger partial charge in [-0.05, 0) is 24.6 Å². The highest BCUT2D eigenvalue weighted by atomic mass is 19.1. The molecule has 0 atom stereocenters. The maximum atomic E-state index is 12.9. The first kappa shape index (κ1) is 10.1. The number of rotatable bonds is 0. The molecule has 0 spiro atoms. The molecule has 0 radical (unpaired) electrons. The Kier molecular flexibility index (Phi) is 3.09. The third-order valence-corrected chi connectivity index (χ3v) is 1.74. The zero-order valence-corrected chi connectivity index (χ0v) is 7.76. The molecule has 0 aliphatic rings. The quantitative estimate of drug-likeness (QED) is 0.500. The van der Waals surface area contributed by atoms with Crippen LogP contribution in [-0.4, -0.2) is 0 Å². The van der Waals surface area contributed by atoms with Crippen molar-refractivity contribution < 1.29 is 4.39 Å². The largest absolute Gasteiger partial charge is 0.397 e. The number of nitrogens with zero attached hydrogens (tertiary/aromatic N) is 1. The van der Waals surface area contributed by atoms with Gasteiger partial charge in [0.05, 0.1) is 23.7 Å². The average molecular weight is 188 g/mol. The molecule has 0 fully saturated rings. The van der Waals surface area contributed by atoms with Gasteiger partial charge in [-0.15, -0.1) is 0 Å². The van der Waals surface area contributed by atoms with Crippen molar-refractivity contribution in [3.05, 3.63) is 29.1 Å². The molecule has 0 bridgehead atoms. The van der Waals surface area contributed by atoms with E-state index in [1.54, 1.807) is 6.92 Å². The minimum atomic E-state index is -0.363. The monoisotopic (exact) mass is 188 g/mol. The molecule has 1 aromatic rings. The van der Waals surface area contributed by atoms with Gasteiger partial charge in [-0.3, -0.25) is 0 Å². The van der Waals surface area contributed by atoms with Crippen LogP contribution in [0.2, 0.25) is 0 Å². The number of hydrogen-bond acceptors (Lipinski definition) is 2. The van der Waals surface area contributed by atoms with Gasteiger partial charge in [0, 0.05) is 0 Å². The number of nitrogen functional groups attached to an aromatic ring is 1. The molecule has 14 heavy (non-hydrogen) atoms. The summed E-state index contributed by atoms with van der Waals surface area (Å²) < 4.78 is 12.9. The predicted octanol–water partition coefficient (Wildman–Crippen LogP) is 1.98. The van der Waals surface area contributed by atoms with Crippen molar-refractivity contribution in [3.63, 3.8) is 0 Å². The lowest BCUT2D eigenvalue weighted by Crippen LogP contribution is -1.95. The molecule has 0 aliphatic heterocycles. The van der Waals surface area contributed by atoms with Crippen LogP contribution in [0.1, 0.15) is 17.5 Å². The first-order valence-electron chi connectivity index (χ1n) is 4.06. The number of halogens is 1. The van der Waals surface area contributed by atoms with Crippen LogP contribution in [0.3, 0.4) is 0 Å². The third kappa shape index (κ3) is 2.24. The molecule has 0 saturated heterocycles. The fraction of sp³-hybridized carbons (Fsp3) is 0.182. The van der Waals surface area contributed by atoms with Crippen molar-refractivity contribution in [1.29, 1.82) is 5.26 Å². The standard InChI is InChI=1S/C11H9FN2/c1-8-6-10(12)7-9(11(8)14)4-2-3-5-13/h6-7H,3,14H2,1H3. The second-order valence-electron chi connectivity index (χ2n) is 2.82. The molecular formula is C11H9FN2. The van der Waals surface area contributed by atoms with Crippen LogP contribution < -0.4 is 5.73 Å². The van der Waals surface area contributed by atoms with Gasteiger partial charge in [-0.1, -0.05) is 11.8 Å². The number of hydrogen-bond donors (Lipinski definition) is 1. The van der Waals surface area contributed by atoms with Crippen LogP contribution in [0, 0.1) is 35.9 Å². The summed E-state index contributed by atoms with van der Waals surface area (Å²) in [6.45, 7) is 1.72. The number of benzene rings is 1. The third-order valence-electron chi connectivity index (χ3n) is 1.74. The SMILES string of the molecule is Cc1cc(F)cc(C#CCC#N)c1N. The van der Waals surface area contributed by atoms with E-state index >= 15 is 0 Å². The van der Waals surface area contributed by atoms with E-state index in [9.17, 15) is 4.39 Å². The molecule has 1 rings (SSSR count). The Morgan fingerprint density at radius 1 is 1.50 bits per heavy atom. The fourth-order valence-corrected chi connectivity index (χ4v) is 1.04. The van der Waals surface area contributed by atoms with Crippen LogP contribution in [-0.2, 0) is 0 Å². The van der Waals surface area contributed by atoms with E-state index in [-0.39, 0.29) is 12.2 Å². The molecular weight excluding hydrogens is 179 g/mol. The van der Waals surface area contributed by atoms with Gasteiger partial charge in [0.1, 0.15) is 5.82 Å². The van der Waals surface area contributed by atoms with Crippen LogP contribution in [0.25, 0.3) is 0 Å². The molecule has 0 heterocycles. The zero-order valence-electron chi connectivity index (χ0n) is 7.76. The second-order valence-corrected chi connectivity index (χ2v) is 2.82. The Hall–Kier alpha value is -2.00. The lowest BCUT2D eigenvalue weighted by Gasteiger charge is -2.02. The highest BCUT2D eigenvalue weighted by molar-refractivity contribution is 5.60. The summed E-state index contributed by atoms with van der Waals surface area (Å²) in [4.78, 5) is 0. The lowest BCUT2D eigenvalue weighted by molar-refractivity contribution is 0.626. The van der Waals surface area contributed by atoms with Crippen molar-refractivity contribution in [1.82, 2.24) is 0 Å². The number of aryl methyl sites for hydroxylation is 1. The van der Waals surface area contributed by atoms with E-state index < -0.39 is 0 Å². The highest BCUT2D eigenvalue weighted by Crippen LogP contribution is 2.17. The number of anilines is 1. The van der Waals surface area contributed by atoms with E-state index in [4.69, 9.17) is 11.0 Å². The van der Waals surface area contributed by atoms with Crippen molar-refractivity contribution in [2.75, 3.05) is 5.73 Å². The van der Waals surface area contributed by atoms with E-state index in [1.807, 2.05) is 6.07 Å². The molecule has 2 nitrogen and oxygen atoms in total. The molecule has 70 valence electrons. The van der Waals surface area contributed by atoms with Crippen LogP contribution >= 0.6 is 0 Å². The Bertz CT molecular complexity index is 447. The van der Waals surface area contributed by atoms with Gasteiger partial charge in [0.15, 0.2) is 0 Å². The molecule has 0 saturated carbocycles. The summed E-state index contributed by atoms with van der Waals surface area (Å²) in [6.07, 6.45) is 0.120. The Morgan fingerprint density at radius 3 is 2.86 bits per heavy atom. The van der Waals surface area contributed by atoms with Gasteiger partial charge in [0.2, 0.25) is 0 Å². The van der Waals surface area contributed by atoms with Crippen molar-refractivity contribution >= 4 is 5.69 Å². The summed E-state index contributed by atoms with van der Waals surface area (Å²) in [7, 11) is 0. The van der Waals surface area contributed by atoms with E-state index in [2.05, 4.69) is 11.8 Å². The highest BCUT2D eigenvalue weighted by Gasteiger charge is 2.02. The molecule has 0 aromatic heterocycles. The summed E-state index contributed by atoms with van der Waals surface area (Å²) in [5, 5.41) is 8.26. The maximum Gasteiger partial charge on any atom is 0.124 e. The van der Waals surface area contributed by atoms with Crippen molar-refractivity contribution in [3.8, 4) is 17.9 Å². The summed E-state index contributed by atoms with van der Waals surface area (Å²) in [5.41, 5.74) is 7.25.